The lowest BCUT2D eigenvalue weighted by Gasteiger charge is -2.34. The van der Waals surface area contributed by atoms with E-state index in [0.717, 1.165) is 0 Å². The second kappa shape index (κ2) is 13.0. The maximum atomic E-state index is 13.2. The zero-order chi connectivity index (χ0) is 33.1. The van der Waals surface area contributed by atoms with E-state index in [1.165, 1.54) is 53.0 Å². The van der Waals surface area contributed by atoms with Gasteiger partial charge in [0.25, 0.3) is 0 Å². The van der Waals surface area contributed by atoms with Gasteiger partial charge < -0.3 is 37.6 Å². The van der Waals surface area contributed by atoms with E-state index in [4.69, 9.17) is 37.6 Å². The molecule has 2 atom stereocenters. The van der Waals surface area contributed by atoms with Gasteiger partial charge in [0.05, 0.1) is 7.11 Å². The zero-order valence-corrected chi connectivity index (χ0v) is 25.4. The van der Waals surface area contributed by atoms with Crippen LogP contribution in [0.25, 0.3) is 22.3 Å². The molecule has 0 spiro atoms. The summed E-state index contributed by atoms with van der Waals surface area (Å²) in [6.07, 6.45) is -1.59. The van der Waals surface area contributed by atoms with E-state index < -0.39 is 41.5 Å². The first-order valence-electron chi connectivity index (χ1n) is 13.9. The summed E-state index contributed by atoms with van der Waals surface area (Å²) in [5, 5.41) is -0.0215. The lowest BCUT2D eigenvalue weighted by atomic mass is 10.0. The van der Waals surface area contributed by atoms with Gasteiger partial charge in [-0.2, -0.15) is 0 Å². The standard InChI is InChI=1S/C33H28O13/c1-16(34)40-15-31-33(21-7-9-24(42-18(3)36)27(11-21)39-5)46-25-8-6-20(10-28(25)45-31)26-14-23(38)32-29(43-19(4)37)12-22(41-17(2)35)13-30(32)44-26/h6-14,31,33H,15H2,1-5H3. The van der Waals surface area contributed by atoms with Gasteiger partial charge in [0.2, 0.25) is 0 Å². The van der Waals surface area contributed by atoms with Gasteiger partial charge in [-0.1, -0.05) is 6.07 Å². The largest absolute Gasteiger partial charge is 0.493 e. The van der Waals surface area contributed by atoms with Crippen molar-refractivity contribution in [2.75, 3.05) is 13.7 Å². The Bertz CT molecular complexity index is 1920. The number of benzene rings is 3. The Balaban J connectivity index is 1.53. The van der Waals surface area contributed by atoms with Gasteiger partial charge in [-0.05, 0) is 30.3 Å². The number of hydrogen-bond acceptors (Lipinski definition) is 13. The fraction of sp³-hybridized carbons (Fsp3) is 0.242. The Morgan fingerprint density at radius 3 is 2.11 bits per heavy atom. The molecule has 13 heteroatoms. The summed E-state index contributed by atoms with van der Waals surface area (Å²) in [5.74, 6) is -1.23. The molecule has 4 aromatic rings. The van der Waals surface area contributed by atoms with Gasteiger partial charge in [0, 0.05) is 57.0 Å². The predicted molar refractivity (Wildman–Crippen MR) is 159 cm³/mol. The highest BCUT2D eigenvalue weighted by Gasteiger charge is 2.35. The number of rotatable bonds is 8. The summed E-state index contributed by atoms with van der Waals surface area (Å²) >= 11 is 0. The van der Waals surface area contributed by atoms with E-state index in [9.17, 15) is 24.0 Å². The summed E-state index contributed by atoms with van der Waals surface area (Å²) in [4.78, 5) is 59.7. The number of esters is 4. The summed E-state index contributed by atoms with van der Waals surface area (Å²) < 4.78 is 44.8. The number of methoxy groups -OCH3 is 1. The molecule has 0 aliphatic carbocycles. The smallest absolute Gasteiger partial charge is 0.308 e. The normalized spacial score (nSPS) is 15.1. The molecular weight excluding hydrogens is 604 g/mol. The summed E-state index contributed by atoms with van der Waals surface area (Å²) in [6.45, 7) is 4.74. The molecule has 1 aliphatic heterocycles. The van der Waals surface area contributed by atoms with E-state index in [2.05, 4.69) is 0 Å². The molecule has 1 aliphatic rings. The fourth-order valence-corrected chi connectivity index (χ4v) is 4.82. The van der Waals surface area contributed by atoms with Gasteiger partial charge in [0.15, 0.2) is 40.6 Å². The maximum absolute atomic E-state index is 13.2. The Labute approximate surface area is 261 Å². The molecule has 0 radical (unpaired) electrons. The van der Waals surface area contributed by atoms with Crippen molar-refractivity contribution in [2.24, 2.45) is 0 Å². The maximum Gasteiger partial charge on any atom is 0.308 e. The highest BCUT2D eigenvalue weighted by Crippen LogP contribution is 2.43. The number of carbonyl (C=O) groups is 4. The van der Waals surface area contributed by atoms with Crippen LogP contribution in [0.4, 0.5) is 0 Å². The van der Waals surface area contributed by atoms with Crippen LogP contribution in [0.1, 0.15) is 39.4 Å². The average molecular weight is 633 g/mol. The molecule has 2 unspecified atom stereocenters. The first kappa shape index (κ1) is 31.6. The van der Waals surface area contributed by atoms with Crippen molar-refractivity contribution >= 4 is 34.8 Å². The van der Waals surface area contributed by atoms with Crippen molar-refractivity contribution < 1.29 is 56.8 Å². The predicted octanol–water partition coefficient (Wildman–Crippen LogP) is 4.69. The number of ether oxygens (including phenoxy) is 7. The molecule has 0 saturated carbocycles. The number of carbonyl (C=O) groups excluding carboxylic acids is 4. The van der Waals surface area contributed by atoms with Gasteiger partial charge >= 0.3 is 23.9 Å². The molecule has 0 fully saturated rings. The van der Waals surface area contributed by atoms with Crippen molar-refractivity contribution in [1.29, 1.82) is 0 Å². The van der Waals surface area contributed by atoms with Crippen LogP contribution in [0, 0.1) is 0 Å². The van der Waals surface area contributed by atoms with Crippen LogP contribution >= 0.6 is 0 Å². The van der Waals surface area contributed by atoms with E-state index in [1.54, 1.807) is 36.4 Å². The fourth-order valence-electron chi connectivity index (χ4n) is 4.82. The van der Waals surface area contributed by atoms with Gasteiger partial charge in [-0.3, -0.25) is 24.0 Å². The SMILES string of the molecule is COc1cc(C2Oc3ccc(-c4cc(=O)c5c(OC(C)=O)cc(OC(C)=O)cc5o4)cc3OC2COC(C)=O)ccc1OC(C)=O. The zero-order valence-electron chi connectivity index (χ0n) is 25.4. The highest BCUT2D eigenvalue weighted by atomic mass is 16.6. The van der Waals surface area contributed by atoms with Crippen LogP contribution in [0.3, 0.4) is 0 Å². The molecular formula is C33H28O13. The van der Waals surface area contributed by atoms with Crippen LogP contribution in [0.2, 0.25) is 0 Å². The summed E-state index contributed by atoms with van der Waals surface area (Å²) in [6, 6.07) is 13.5. The third kappa shape index (κ3) is 6.93. The molecule has 0 bridgehead atoms. The van der Waals surface area contributed by atoms with Crippen molar-refractivity contribution in [3.8, 4) is 45.8 Å². The van der Waals surface area contributed by atoms with Crippen molar-refractivity contribution in [3.05, 3.63) is 70.4 Å². The van der Waals surface area contributed by atoms with Gasteiger partial charge in [-0.15, -0.1) is 0 Å². The molecule has 2 heterocycles. The van der Waals surface area contributed by atoms with Crippen LogP contribution in [-0.2, 0) is 23.9 Å². The molecule has 5 rings (SSSR count). The summed E-state index contributed by atoms with van der Waals surface area (Å²) in [5.41, 5.74) is 0.500. The van der Waals surface area contributed by atoms with Crippen LogP contribution in [0.15, 0.2) is 63.8 Å². The minimum Gasteiger partial charge on any atom is -0.493 e. The molecule has 0 saturated heterocycles. The molecule has 46 heavy (non-hydrogen) atoms. The third-order valence-corrected chi connectivity index (χ3v) is 6.60. The Hall–Kier alpha value is -5.85. The third-order valence-electron chi connectivity index (χ3n) is 6.60. The summed E-state index contributed by atoms with van der Waals surface area (Å²) in [7, 11) is 1.43. The Morgan fingerprint density at radius 1 is 0.717 bits per heavy atom. The van der Waals surface area contributed by atoms with E-state index in [-0.39, 0.29) is 52.1 Å². The molecule has 13 nitrogen and oxygen atoms in total. The molecule has 1 aromatic heterocycles. The van der Waals surface area contributed by atoms with Gasteiger partial charge in [0.1, 0.15) is 34.8 Å². The highest BCUT2D eigenvalue weighted by molar-refractivity contribution is 5.89. The lowest BCUT2D eigenvalue weighted by molar-refractivity contribution is -0.146. The Morgan fingerprint density at radius 2 is 1.43 bits per heavy atom. The molecule has 238 valence electrons. The minimum absolute atomic E-state index is 0.00587. The molecule has 3 aromatic carbocycles. The first-order valence-corrected chi connectivity index (χ1v) is 13.9. The number of fused-ring (bicyclic) bond motifs is 2. The second-order valence-corrected chi connectivity index (χ2v) is 10.1. The lowest BCUT2D eigenvalue weighted by Crippen LogP contribution is -2.37. The minimum atomic E-state index is -0.822. The van der Waals surface area contributed by atoms with Crippen LogP contribution < -0.4 is 33.8 Å². The van der Waals surface area contributed by atoms with Crippen molar-refractivity contribution in [2.45, 2.75) is 39.9 Å². The molecule has 0 N–H and O–H groups in total. The van der Waals surface area contributed by atoms with E-state index in [0.29, 0.717) is 16.9 Å². The van der Waals surface area contributed by atoms with E-state index in [1.807, 2.05) is 0 Å². The quantitative estimate of drug-likeness (QED) is 0.194. The molecule has 0 amide bonds. The van der Waals surface area contributed by atoms with Crippen molar-refractivity contribution in [3.63, 3.8) is 0 Å². The van der Waals surface area contributed by atoms with E-state index >= 15 is 0 Å². The van der Waals surface area contributed by atoms with Crippen molar-refractivity contribution in [1.82, 2.24) is 0 Å². The monoisotopic (exact) mass is 632 g/mol. The van der Waals surface area contributed by atoms with Gasteiger partial charge in [-0.25, -0.2) is 0 Å². The van der Waals surface area contributed by atoms with Crippen LogP contribution in [0.5, 0.6) is 34.5 Å². The topological polar surface area (TPSA) is 163 Å². The second-order valence-electron chi connectivity index (χ2n) is 10.1. The first-order chi connectivity index (χ1) is 21.9. The number of hydrogen-bond donors (Lipinski definition) is 0. The Kier molecular flexibility index (Phi) is 8.94. The average Bonchev–Trinajstić information content (AvgIpc) is 2.98. The van der Waals surface area contributed by atoms with Crippen LogP contribution in [-0.4, -0.2) is 43.7 Å².